The number of aromatic nitrogens is 2. The number of carbonyl (C=O) groups excluding carboxylic acids is 2. The third-order valence-electron chi connectivity index (χ3n) is 3.24. The van der Waals surface area contributed by atoms with Gasteiger partial charge in [-0.1, -0.05) is 0 Å². The number of nitrogens with two attached hydrogens (primary N) is 1. The van der Waals surface area contributed by atoms with Crippen molar-refractivity contribution in [2.75, 3.05) is 17.7 Å². The van der Waals surface area contributed by atoms with Gasteiger partial charge >= 0.3 is 12.2 Å². The van der Waals surface area contributed by atoms with E-state index in [1.54, 1.807) is 59.7 Å². The van der Waals surface area contributed by atoms with Crippen LogP contribution in [-0.4, -0.2) is 40.2 Å². The van der Waals surface area contributed by atoms with Crippen LogP contribution in [-0.2, 0) is 9.47 Å². The van der Waals surface area contributed by atoms with Gasteiger partial charge in [-0.3, -0.25) is 4.90 Å². The number of nitrogens with zero attached hydrogens (tertiary/aromatic N) is 3. The predicted molar refractivity (Wildman–Crippen MR) is 100 cm³/mol. The maximum absolute atomic E-state index is 12.5. The average molecular weight is 362 g/mol. The zero-order valence-electron chi connectivity index (χ0n) is 16.3. The van der Waals surface area contributed by atoms with Crippen LogP contribution in [0.15, 0.2) is 18.2 Å². The maximum atomic E-state index is 12.5. The number of hydrogen-bond donors (Lipinski definition) is 1. The molecule has 2 rings (SSSR count). The van der Waals surface area contributed by atoms with E-state index < -0.39 is 23.4 Å². The molecular weight excluding hydrogens is 336 g/mol. The van der Waals surface area contributed by atoms with E-state index in [-0.39, 0.29) is 5.82 Å². The summed E-state index contributed by atoms with van der Waals surface area (Å²) in [4.78, 5) is 26.2. The lowest BCUT2D eigenvalue weighted by Crippen LogP contribution is -2.34. The molecule has 1 aromatic carbocycles. The molecule has 0 aliphatic heterocycles. The number of nitrogen functional groups attached to an aromatic ring is 1. The first kappa shape index (κ1) is 19.6. The fourth-order valence-electron chi connectivity index (χ4n) is 2.23. The largest absolute Gasteiger partial charge is 0.443 e. The molecule has 1 aromatic heterocycles. The van der Waals surface area contributed by atoms with Crippen molar-refractivity contribution < 1.29 is 19.1 Å². The van der Waals surface area contributed by atoms with Crippen LogP contribution < -0.4 is 10.6 Å². The molecule has 0 unspecified atom stereocenters. The van der Waals surface area contributed by atoms with Crippen molar-refractivity contribution in [2.24, 2.45) is 0 Å². The van der Waals surface area contributed by atoms with Crippen LogP contribution in [0.2, 0.25) is 0 Å². The summed E-state index contributed by atoms with van der Waals surface area (Å²) in [5, 5.41) is 4.82. The molecule has 0 aliphatic rings. The minimum atomic E-state index is -0.680. The van der Waals surface area contributed by atoms with Crippen LogP contribution in [0.1, 0.15) is 41.5 Å². The third kappa shape index (κ3) is 4.44. The van der Waals surface area contributed by atoms with Gasteiger partial charge in [0.25, 0.3) is 0 Å². The number of carbonyl (C=O) groups is 2. The van der Waals surface area contributed by atoms with E-state index in [0.29, 0.717) is 16.6 Å². The van der Waals surface area contributed by atoms with Crippen molar-refractivity contribution in [1.29, 1.82) is 0 Å². The molecular formula is C18H26N4O4. The summed E-state index contributed by atoms with van der Waals surface area (Å²) < 4.78 is 11.9. The van der Waals surface area contributed by atoms with E-state index in [1.807, 2.05) is 0 Å². The van der Waals surface area contributed by atoms with Gasteiger partial charge in [-0.25, -0.2) is 9.59 Å². The van der Waals surface area contributed by atoms with Crippen molar-refractivity contribution in [1.82, 2.24) is 9.78 Å². The molecule has 0 spiro atoms. The molecule has 2 N–H and O–H groups in total. The Bertz CT molecular complexity index is 843. The highest BCUT2D eigenvalue weighted by Crippen LogP contribution is 2.29. The van der Waals surface area contributed by atoms with Crippen molar-refractivity contribution in [3.05, 3.63) is 18.2 Å². The van der Waals surface area contributed by atoms with Gasteiger partial charge in [0.2, 0.25) is 0 Å². The summed E-state index contributed by atoms with van der Waals surface area (Å²) in [7, 11) is 1.53. The summed E-state index contributed by atoms with van der Waals surface area (Å²) in [6, 6.07) is 4.97. The Labute approximate surface area is 152 Å². The Morgan fingerprint density at radius 2 is 1.65 bits per heavy atom. The van der Waals surface area contributed by atoms with Crippen molar-refractivity contribution in [3.63, 3.8) is 0 Å². The molecule has 0 fully saturated rings. The lowest BCUT2D eigenvalue weighted by molar-refractivity contribution is 0.0516. The van der Waals surface area contributed by atoms with E-state index in [2.05, 4.69) is 5.10 Å². The minimum Gasteiger partial charge on any atom is -0.443 e. The fourth-order valence-corrected chi connectivity index (χ4v) is 2.23. The second-order valence-corrected chi connectivity index (χ2v) is 8.03. The molecule has 1 amide bonds. The Kier molecular flexibility index (Phi) is 4.90. The highest BCUT2D eigenvalue weighted by Gasteiger charge is 2.27. The molecule has 8 heteroatoms. The van der Waals surface area contributed by atoms with Gasteiger partial charge in [0.1, 0.15) is 11.2 Å². The topological polar surface area (TPSA) is 99.7 Å². The molecule has 0 aliphatic carbocycles. The van der Waals surface area contributed by atoms with Gasteiger partial charge in [-0.2, -0.15) is 4.68 Å². The van der Waals surface area contributed by atoms with Crippen LogP contribution in [0.4, 0.5) is 21.1 Å². The Hall–Kier alpha value is -2.77. The van der Waals surface area contributed by atoms with Gasteiger partial charge in [0.15, 0.2) is 5.82 Å². The number of rotatable bonds is 1. The number of fused-ring (bicyclic) bond motifs is 1. The molecule has 0 saturated carbocycles. The Morgan fingerprint density at radius 1 is 1.08 bits per heavy atom. The molecule has 0 saturated heterocycles. The van der Waals surface area contributed by atoms with E-state index in [4.69, 9.17) is 15.2 Å². The highest BCUT2D eigenvalue weighted by molar-refractivity contribution is 6.02. The smallest absolute Gasteiger partial charge is 0.435 e. The molecule has 8 nitrogen and oxygen atoms in total. The van der Waals surface area contributed by atoms with Crippen LogP contribution in [0.5, 0.6) is 0 Å². The molecule has 0 radical (unpaired) electrons. The second kappa shape index (κ2) is 6.51. The Morgan fingerprint density at radius 3 is 2.19 bits per heavy atom. The van der Waals surface area contributed by atoms with Gasteiger partial charge in [-0.05, 0) is 59.7 Å². The summed E-state index contributed by atoms with van der Waals surface area (Å²) in [6.07, 6.45) is -1.23. The summed E-state index contributed by atoms with van der Waals surface area (Å²) in [6.45, 7) is 10.6. The predicted octanol–water partition coefficient (Wildman–Crippen LogP) is 3.77. The molecule has 0 atom stereocenters. The van der Waals surface area contributed by atoms with Gasteiger partial charge in [0, 0.05) is 18.1 Å². The van der Waals surface area contributed by atoms with E-state index in [9.17, 15) is 9.59 Å². The van der Waals surface area contributed by atoms with E-state index >= 15 is 0 Å². The summed E-state index contributed by atoms with van der Waals surface area (Å²) in [5.41, 5.74) is 5.50. The number of amides is 1. The standard InChI is InChI=1S/C18H26N4O4/c1-17(2,3)25-15(23)21(7)14-12-10-11(19)8-9-13(12)22(20-14)16(24)26-18(4,5)6/h8-10H,19H2,1-7H3. The molecule has 142 valence electrons. The Balaban J connectivity index is 2.51. The second-order valence-electron chi connectivity index (χ2n) is 8.03. The molecule has 0 bridgehead atoms. The number of anilines is 2. The van der Waals surface area contributed by atoms with Crippen molar-refractivity contribution in [3.8, 4) is 0 Å². The highest BCUT2D eigenvalue weighted by atomic mass is 16.6. The van der Waals surface area contributed by atoms with Crippen molar-refractivity contribution >= 4 is 34.6 Å². The van der Waals surface area contributed by atoms with Gasteiger partial charge in [0.05, 0.1) is 5.52 Å². The first-order chi connectivity index (χ1) is 11.8. The van der Waals surface area contributed by atoms with Gasteiger partial charge in [-0.15, -0.1) is 5.10 Å². The minimum absolute atomic E-state index is 0.257. The molecule has 2 aromatic rings. The SMILES string of the molecule is CN(C(=O)OC(C)(C)C)c1nn(C(=O)OC(C)(C)C)c2ccc(N)cc12. The summed E-state index contributed by atoms with van der Waals surface area (Å²) >= 11 is 0. The maximum Gasteiger partial charge on any atom is 0.435 e. The average Bonchev–Trinajstić information content (AvgIpc) is 2.81. The lowest BCUT2D eigenvalue weighted by atomic mass is 10.2. The van der Waals surface area contributed by atoms with Crippen LogP contribution >= 0.6 is 0 Å². The monoisotopic (exact) mass is 362 g/mol. The van der Waals surface area contributed by atoms with Gasteiger partial charge < -0.3 is 15.2 Å². The molecule has 26 heavy (non-hydrogen) atoms. The van der Waals surface area contributed by atoms with E-state index in [1.165, 1.54) is 11.9 Å². The number of hydrogen-bond acceptors (Lipinski definition) is 6. The summed E-state index contributed by atoms with van der Waals surface area (Å²) in [5.74, 6) is 0.257. The van der Waals surface area contributed by atoms with Crippen LogP contribution in [0, 0.1) is 0 Å². The van der Waals surface area contributed by atoms with Crippen molar-refractivity contribution in [2.45, 2.75) is 52.7 Å². The first-order valence-electron chi connectivity index (χ1n) is 8.27. The zero-order valence-corrected chi connectivity index (χ0v) is 16.3. The normalized spacial score (nSPS) is 12.1. The van der Waals surface area contributed by atoms with E-state index in [0.717, 1.165) is 4.68 Å². The molecule has 1 heterocycles. The quantitative estimate of drug-likeness (QED) is 0.775. The zero-order chi connectivity index (χ0) is 19.9. The van der Waals surface area contributed by atoms with Crippen LogP contribution in [0.25, 0.3) is 10.9 Å². The number of benzene rings is 1. The third-order valence-corrected chi connectivity index (χ3v) is 3.24. The number of ether oxygens (including phenoxy) is 2. The lowest BCUT2D eigenvalue weighted by Gasteiger charge is -2.23. The first-order valence-corrected chi connectivity index (χ1v) is 8.27. The fraction of sp³-hybridized carbons (Fsp3) is 0.500. The van der Waals surface area contributed by atoms with Crippen LogP contribution in [0.3, 0.4) is 0 Å².